The molecule has 1 aromatic rings. The van der Waals surface area contributed by atoms with Crippen LogP contribution in [0.15, 0.2) is 24.3 Å². The van der Waals surface area contributed by atoms with Crippen LogP contribution in [0.5, 0.6) is 0 Å². The summed E-state index contributed by atoms with van der Waals surface area (Å²) in [7, 11) is 0. The van der Waals surface area contributed by atoms with Crippen LogP contribution in [0.25, 0.3) is 0 Å². The van der Waals surface area contributed by atoms with Crippen LogP contribution in [0.3, 0.4) is 0 Å². The van der Waals surface area contributed by atoms with E-state index in [0.717, 1.165) is 11.1 Å². The quantitative estimate of drug-likeness (QED) is 0.744. The van der Waals surface area contributed by atoms with Gasteiger partial charge in [0.05, 0.1) is 6.04 Å². The van der Waals surface area contributed by atoms with Crippen LogP contribution in [0.2, 0.25) is 0 Å². The van der Waals surface area contributed by atoms with Crippen molar-refractivity contribution >= 4 is 5.91 Å². The van der Waals surface area contributed by atoms with E-state index in [9.17, 15) is 4.79 Å². The second kappa shape index (κ2) is 5.34. The van der Waals surface area contributed by atoms with Crippen LogP contribution >= 0.6 is 0 Å². The molecule has 0 spiro atoms. The Labute approximate surface area is 96.0 Å². The van der Waals surface area contributed by atoms with E-state index in [-0.39, 0.29) is 11.9 Å². The lowest BCUT2D eigenvalue weighted by Crippen LogP contribution is -2.38. The highest BCUT2D eigenvalue weighted by Crippen LogP contribution is 2.11. The predicted molar refractivity (Wildman–Crippen MR) is 64.5 cm³/mol. The molecule has 3 heteroatoms. The van der Waals surface area contributed by atoms with Crippen LogP contribution in [0, 0.1) is 19.3 Å². The van der Waals surface area contributed by atoms with E-state index in [1.54, 1.807) is 6.92 Å². The van der Waals surface area contributed by atoms with E-state index in [1.807, 2.05) is 31.2 Å². The molecule has 0 aliphatic heterocycles. The number of nitrogens with one attached hydrogen (secondary N) is 1. The van der Waals surface area contributed by atoms with Gasteiger partial charge in [-0.3, -0.25) is 4.79 Å². The van der Waals surface area contributed by atoms with Crippen molar-refractivity contribution in [3.05, 3.63) is 35.4 Å². The summed E-state index contributed by atoms with van der Waals surface area (Å²) < 4.78 is 0. The van der Waals surface area contributed by atoms with E-state index >= 15 is 0 Å². The van der Waals surface area contributed by atoms with Crippen molar-refractivity contribution in [3.8, 4) is 12.3 Å². The van der Waals surface area contributed by atoms with E-state index in [0.29, 0.717) is 0 Å². The molecule has 0 radical (unpaired) electrons. The molecule has 0 aliphatic rings. The predicted octanol–water partition coefficient (Wildman–Crippen LogP) is 1.13. The minimum atomic E-state index is -0.670. The Bertz CT molecular complexity index is 403. The molecule has 2 atom stereocenters. The van der Waals surface area contributed by atoms with Gasteiger partial charge in [0.1, 0.15) is 6.04 Å². The van der Waals surface area contributed by atoms with Crippen LogP contribution in [-0.4, -0.2) is 11.9 Å². The minimum absolute atomic E-state index is 0.255. The number of benzene rings is 1. The van der Waals surface area contributed by atoms with Crippen molar-refractivity contribution in [2.24, 2.45) is 5.73 Å². The fourth-order valence-corrected chi connectivity index (χ4v) is 1.27. The highest BCUT2D eigenvalue weighted by atomic mass is 16.2. The summed E-state index contributed by atoms with van der Waals surface area (Å²) in [5.74, 6) is 2.17. The Morgan fingerprint density at radius 2 is 2.00 bits per heavy atom. The van der Waals surface area contributed by atoms with E-state index < -0.39 is 6.04 Å². The SMILES string of the molecule is C#CC(C)NC(=O)C(N)c1ccc(C)cc1. The second-order valence-electron chi connectivity index (χ2n) is 3.79. The monoisotopic (exact) mass is 216 g/mol. The molecule has 0 aliphatic carbocycles. The zero-order chi connectivity index (χ0) is 12.1. The lowest BCUT2D eigenvalue weighted by Gasteiger charge is -2.14. The molecule has 0 saturated heterocycles. The van der Waals surface area contributed by atoms with Gasteiger partial charge >= 0.3 is 0 Å². The summed E-state index contributed by atoms with van der Waals surface area (Å²) in [5, 5.41) is 2.64. The van der Waals surface area contributed by atoms with Gasteiger partial charge in [0.2, 0.25) is 5.91 Å². The van der Waals surface area contributed by atoms with Crippen molar-refractivity contribution in [2.45, 2.75) is 25.9 Å². The summed E-state index contributed by atoms with van der Waals surface area (Å²) in [5.41, 5.74) is 7.73. The smallest absolute Gasteiger partial charge is 0.242 e. The van der Waals surface area contributed by atoms with E-state index in [1.165, 1.54) is 0 Å². The largest absolute Gasteiger partial charge is 0.341 e. The summed E-state index contributed by atoms with van der Waals surface area (Å²) in [4.78, 5) is 11.7. The number of rotatable bonds is 3. The number of carbonyl (C=O) groups is 1. The first-order valence-electron chi connectivity index (χ1n) is 5.13. The Morgan fingerprint density at radius 1 is 1.44 bits per heavy atom. The van der Waals surface area contributed by atoms with E-state index in [2.05, 4.69) is 11.2 Å². The first-order chi connectivity index (χ1) is 7.54. The number of nitrogens with two attached hydrogens (primary N) is 1. The first-order valence-corrected chi connectivity index (χ1v) is 5.13. The van der Waals surface area contributed by atoms with E-state index in [4.69, 9.17) is 12.2 Å². The zero-order valence-corrected chi connectivity index (χ0v) is 9.53. The molecule has 1 rings (SSSR count). The Kier molecular flexibility index (Phi) is 4.10. The Balaban J connectivity index is 2.71. The highest BCUT2D eigenvalue weighted by Gasteiger charge is 2.16. The minimum Gasteiger partial charge on any atom is -0.341 e. The number of hydrogen-bond acceptors (Lipinski definition) is 2. The molecular formula is C13H16N2O. The molecule has 3 nitrogen and oxygen atoms in total. The van der Waals surface area contributed by atoms with Gasteiger partial charge in [0, 0.05) is 0 Å². The molecule has 0 aromatic heterocycles. The summed E-state index contributed by atoms with van der Waals surface area (Å²) in [6.45, 7) is 3.72. The summed E-state index contributed by atoms with van der Waals surface area (Å²) in [6.07, 6.45) is 5.17. The van der Waals surface area contributed by atoms with Gasteiger partial charge < -0.3 is 11.1 Å². The van der Waals surface area contributed by atoms with Gasteiger partial charge in [0.15, 0.2) is 0 Å². The van der Waals surface area contributed by atoms with Gasteiger partial charge in [-0.25, -0.2) is 0 Å². The molecule has 1 aromatic carbocycles. The second-order valence-corrected chi connectivity index (χ2v) is 3.79. The van der Waals surface area contributed by atoms with Crippen LogP contribution in [0.4, 0.5) is 0 Å². The number of hydrogen-bond donors (Lipinski definition) is 2. The molecule has 3 N–H and O–H groups in total. The Morgan fingerprint density at radius 3 is 2.50 bits per heavy atom. The Hall–Kier alpha value is -1.79. The fraction of sp³-hybridized carbons (Fsp3) is 0.308. The average Bonchev–Trinajstić information content (AvgIpc) is 2.28. The third-order valence-electron chi connectivity index (χ3n) is 2.33. The molecule has 0 fully saturated rings. The van der Waals surface area contributed by atoms with Crippen LogP contribution in [0.1, 0.15) is 24.1 Å². The topological polar surface area (TPSA) is 55.1 Å². The fourth-order valence-electron chi connectivity index (χ4n) is 1.27. The molecule has 84 valence electrons. The number of carbonyl (C=O) groups excluding carboxylic acids is 1. The summed E-state index contributed by atoms with van der Waals surface area (Å²) in [6, 6.07) is 6.57. The zero-order valence-electron chi connectivity index (χ0n) is 9.53. The van der Waals surface area contributed by atoms with Crippen LogP contribution in [-0.2, 0) is 4.79 Å². The number of amides is 1. The highest BCUT2D eigenvalue weighted by molar-refractivity contribution is 5.83. The molecule has 0 bridgehead atoms. The van der Waals surface area contributed by atoms with Gasteiger partial charge in [-0.05, 0) is 19.4 Å². The third kappa shape index (κ3) is 3.11. The van der Waals surface area contributed by atoms with Crippen LogP contribution < -0.4 is 11.1 Å². The molecule has 2 unspecified atom stereocenters. The van der Waals surface area contributed by atoms with Gasteiger partial charge in [-0.1, -0.05) is 35.7 Å². The molecule has 1 amide bonds. The van der Waals surface area contributed by atoms with Crippen molar-refractivity contribution in [3.63, 3.8) is 0 Å². The standard InChI is InChI=1S/C13H16N2O/c1-4-10(3)15-13(16)12(14)11-7-5-9(2)6-8-11/h1,5-8,10,12H,14H2,2-3H3,(H,15,16). The van der Waals surface area contributed by atoms with Gasteiger partial charge in [0.25, 0.3) is 0 Å². The van der Waals surface area contributed by atoms with Crippen molar-refractivity contribution in [2.75, 3.05) is 0 Å². The maximum absolute atomic E-state index is 11.7. The summed E-state index contributed by atoms with van der Waals surface area (Å²) >= 11 is 0. The maximum Gasteiger partial charge on any atom is 0.242 e. The van der Waals surface area contributed by atoms with Crippen molar-refractivity contribution in [1.82, 2.24) is 5.32 Å². The molecular weight excluding hydrogens is 200 g/mol. The first kappa shape index (κ1) is 12.3. The number of aryl methyl sites for hydroxylation is 1. The molecule has 16 heavy (non-hydrogen) atoms. The van der Waals surface area contributed by atoms with Gasteiger partial charge in [-0.15, -0.1) is 6.42 Å². The molecule has 0 heterocycles. The van der Waals surface area contributed by atoms with Crippen molar-refractivity contribution < 1.29 is 4.79 Å². The van der Waals surface area contributed by atoms with Gasteiger partial charge in [-0.2, -0.15) is 0 Å². The average molecular weight is 216 g/mol. The number of terminal acetylenes is 1. The lowest BCUT2D eigenvalue weighted by molar-refractivity contribution is -0.122. The normalized spacial score (nSPS) is 13.6. The maximum atomic E-state index is 11.7. The lowest BCUT2D eigenvalue weighted by atomic mass is 10.1. The van der Waals surface area contributed by atoms with Crippen molar-refractivity contribution in [1.29, 1.82) is 0 Å². The third-order valence-corrected chi connectivity index (χ3v) is 2.33. The molecule has 0 saturated carbocycles.